The molecule has 0 N–H and O–H groups in total. The van der Waals surface area contributed by atoms with Crippen LogP contribution in [0.1, 0.15) is 88.2 Å². The monoisotopic (exact) mass is 540 g/mol. The van der Waals surface area contributed by atoms with Crippen molar-refractivity contribution < 1.29 is 18.9 Å². The normalized spacial score (nSPS) is 45.3. The Balaban J connectivity index is 1.20. The lowest BCUT2D eigenvalue weighted by Gasteiger charge is -2.58. The fourth-order valence-electron chi connectivity index (χ4n) is 12.1. The van der Waals surface area contributed by atoms with Crippen LogP contribution in [0.4, 0.5) is 0 Å². The van der Waals surface area contributed by atoms with Gasteiger partial charge in [0.2, 0.25) is 0 Å². The highest BCUT2D eigenvalue weighted by atomic mass is 16.6. The van der Waals surface area contributed by atoms with Gasteiger partial charge >= 0.3 is 0 Å². The van der Waals surface area contributed by atoms with Gasteiger partial charge in [-0.1, -0.05) is 18.2 Å². The van der Waals surface area contributed by atoms with Gasteiger partial charge in [-0.3, -0.25) is 0 Å². The van der Waals surface area contributed by atoms with Gasteiger partial charge in [-0.15, -0.1) is 0 Å². The number of fused-ring (bicyclic) bond motifs is 1. The Morgan fingerprint density at radius 1 is 0.625 bits per heavy atom. The lowest BCUT2D eigenvalue weighted by molar-refractivity contribution is -0.00691. The van der Waals surface area contributed by atoms with E-state index in [2.05, 4.69) is 24.3 Å². The van der Waals surface area contributed by atoms with Crippen molar-refractivity contribution in [1.82, 2.24) is 0 Å². The van der Waals surface area contributed by atoms with E-state index in [0.717, 1.165) is 54.5 Å². The van der Waals surface area contributed by atoms with E-state index < -0.39 is 0 Å². The van der Waals surface area contributed by atoms with E-state index in [1.54, 1.807) is 5.56 Å². The maximum absolute atomic E-state index is 7.06. The van der Waals surface area contributed by atoms with E-state index in [0.29, 0.717) is 18.6 Å². The minimum absolute atomic E-state index is 0.242. The Hall–Kier alpha value is -1.78. The zero-order valence-corrected chi connectivity index (χ0v) is 23.9. The van der Waals surface area contributed by atoms with Gasteiger partial charge in [-0.2, -0.15) is 0 Å². The van der Waals surface area contributed by atoms with Gasteiger partial charge in [0.15, 0.2) is 0 Å². The second-order valence-electron chi connectivity index (χ2n) is 15.9. The third kappa shape index (κ3) is 3.70. The molecule has 0 radical (unpaired) electrons. The van der Waals surface area contributed by atoms with Gasteiger partial charge in [0.05, 0.1) is 13.2 Å². The summed E-state index contributed by atoms with van der Waals surface area (Å²) in [4.78, 5) is 0. The summed E-state index contributed by atoms with van der Waals surface area (Å²) in [7, 11) is 0. The second kappa shape index (κ2) is 8.40. The molecule has 2 aliphatic heterocycles. The van der Waals surface area contributed by atoms with Crippen LogP contribution in [0.3, 0.4) is 0 Å². The van der Waals surface area contributed by atoms with Gasteiger partial charge in [-0.05, 0) is 135 Å². The molecule has 8 saturated carbocycles. The van der Waals surface area contributed by atoms with Crippen LogP contribution in [-0.2, 0) is 20.3 Å². The highest BCUT2D eigenvalue weighted by Crippen LogP contribution is 2.65. The van der Waals surface area contributed by atoms with Crippen molar-refractivity contribution >= 4 is 10.8 Å². The third-order valence-corrected chi connectivity index (χ3v) is 12.9. The smallest absolute Gasteiger partial charge is 0.131 e. The summed E-state index contributed by atoms with van der Waals surface area (Å²) in [5.41, 5.74) is 3.63. The molecule has 4 heteroatoms. The number of rotatable bonds is 8. The molecule has 212 valence electrons. The molecule has 2 aromatic carbocycles. The predicted octanol–water partition coefficient (Wildman–Crippen LogP) is 7.33. The number of hydrogen-bond acceptors (Lipinski definition) is 4. The van der Waals surface area contributed by atoms with Crippen molar-refractivity contribution in [2.24, 2.45) is 35.5 Å². The van der Waals surface area contributed by atoms with Crippen molar-refractivity contribution in [2.45, 2.75) is 100 Å². The molecule has 0 amide bonds. The number of epoxide rings is 2. The van der Waals surface area contributed by atoms with Crippen LogP contribution in [-0.4, -0.2) is 38.6 Å². The molecule has 10 fully saturated rings. The van der Waals surface area contributed by atoms with E-state index >= 15 is 0 Å². The first-order valence-electron chi connectivity index (χ1n) is 16.7. The van der Waals surface area contributed by atoms with Crippen LogP contribution < -0.4 is 9.47 Å². The summed E-state index contributed by atoms with van der Waals surface area (Å²) < 4.78 is 25.1. The average Bonchev–Trinajstić information content (AvgIpc) is 3.85. The quantitative estimate of drug-likeness (QED) is 0.329. The van der Waals surface area contributed by atoms with Gasteiger partial charge in [0.25, 0.3) is 0 Å². The van der Waals surface area contributed by atoms with E-state index in [-0.39, 0.29) is 17.6 Å². The van der Waals surface area contributed by atoms with Crippen LogP contribution in [0.25, 0.3) is 10.8 Å². The van der Waals surface area contributed by atoms with Gasteiger partial charge in [-0.25, -0.2) is 0 Å². The van der Waals surface area contributed by atoms with Crippen molar-refractivity contribution in [3.05, 3.63) is 35.4 Å². The number of ether oxygens (including phenoxy) is 4. The van der Waals surface area contributed by atoms with E-state index in [4.69, 9.17) is 18.9 Å². The maximum atomic E-state index is 7.06. The van der Waals surface area contributed by atoms with Crippen molar-refractivity contribution in [3.8, 4) is 11.5 Å². The highest BCUT2D eigenvalue weighted by Gasteiger charge is 2.55. The standard InChI is InChI=1S/C36H44O4/c1-2-29-32(39-19-27-17-37-27)10-31(36-14-24-7-25(15-36)9-26(8-24)16-36)34(40-20-28-18-38-28)33(29)30(3-1)35-11-21-4-22(12-35)6-23(5-21)13-35/h1-3,10,21-28H,4-9,11-20H2. The number of hydrogen-bond donors (Lipinski definition) is 0. The van der Waals surface area contributed by atoms with Crippen molar-refractivity contribution in [2.75, 3.05) is 26.4 Å². The van der Waals surface area contributed by atoms with Crippen LogP contribution in [0, 0.1) is 35.5 Å². The van der Waals surface area contributed by atoms with Gasteiger partial charge in [0, 0.05) is 16.3 Å². The van der Waals surface area contributed by atoms with Crippen LogP contribution >= 0.6 is 0 Å². The fraction of sp³-hybridized carbons (Fsp3) is 0.722. The van der Waals surface area contributed by atoms with Crippen LogP contribution in [0.2, 0.25) is 0 Å². The lowest BCUT2D eigenvalue weighted by atomic mass is 9.47. The first-order valence-corrected chi connectivity index (χ1v) is 16.7. The van der Waals surface area contributed by atoms with Gasteiger partial charge < -0.3 is 18.9 Å². The Morgan fingerprint density at radius 3 is 1.60 bits per heavy atom. The fourth-order valence-corrected chi connectivity index (χ4v) is 12.1. The molecule has 0 spiro atoms. The molecule has 2 saturated heterocycles. The summed E-state index contributed by atoms with van der Waals surface area (Å²) in [6, 6.07) is 9.62. The minimum atomic E-state index is 0.242. The molecular weight excluding hydrogens is 496 g/mol. The van der Waals surface area contributed by atoms with Crippen molar-refractivity contribution in [1.29, 1.82) is 0 Å². The Bertz CT molecular complexity index is 1280. The van der Waals surface area contributed by atoms with E-state index in [1.165, 1.54) is 99.1 Å². The Labute approximate surface area is 238 Å². The average molecular weight is 541 g/mol. The van der Waals surface area contributed by atoms with E-state index in [1.807, 2.05) is 0 Å². The Morgan fingerprint density at radius 2 is 1.10 bits per heavy atom. The van der Waals surface area contributed by atoms with Crippen LogP contribution in [0.5, 0.6) is 11.5 Å². The molecule has 12 rings (SSSR count). The summed E-state index contributed by atoms with van der Waals surface area (Å²) in [6.45, 7) is 3.02. The van der Waals surface area contributed by atoms with Crippen molar-refractivity contribution in [3.63, 3.8) is 0 Å². The largest absolute Gasteiger partial charge is 0.490 e. The molecular formula is C36H44O4. The zero-order valence-electron chi connectivity index (χ0n) is 23.9. The second-order valence-corrected chi connectivity index (χ2v) is 15.9. The summed E-state index contributed by atoms with van der Waals surface area (Å²) in [5.74, 6) is 7.73. The zero-order chi connectivity index (χ0) is 26.1. The molecule has 10 aliphatic rings. The Kier molecular flexibility index (Phi) is 4.99. The third-order valence-electron chi connectivity index (χ3n) is 12.9. The number of benzene rings is 2. The minimum Gasteiger partial charge on any atom is -0.490 e. The molecule has 2 heterocycles. The molecule has 8 aliphatic carbocycles. The summed E-state index contributed by atoms with van der Waals surface area (Å²) >= 11 is 0. The summed E-state index contributed by atoms with van der Waals surface area (Å²) in [5, 5.41) is 2.68. The van der Waals surface area contributed by atoms with Crippen LogP contribution in [0.15, 0.2) is 24.3 Å². The molecule has 2 atom stereocenters. The topological polar surface area (TPSA) is 43.5 Å². The SMILES string of the molecule is c1cc(C23CC4CC(CC(C4)C2)C3)c2c(OCC3CO3)c(C34CC5CC(CC(C5)C3)C4)cc(OCC3CO3)c2c1. The molecule has 8 bridgehead atoms. The molecule has 40 heavy (non-hydrogen) atoms. The molecule has 0 aromatic heterocycles. The first-order chi connectivity index (χ1) is 19.6. The van der Waals surface area contributed by atoms with Gasteiger partial charge in [0.1, 0.15) is 36.9 Å². The summed E-state index contributed by atoms with van der Waals surface area (Å²) in [6.07, 6.45) is 17.4. The van der Waals surface area contributed by atoms with E-state index in [9.17, 15) is 0 Å². The molecule has 4 nitrogen and oxygen atoms in total. The maximum Gasteiger partial charge on any atom is 0.131 e. The molecule has 2 unspecified atom stereocenters. The highest BCUT2D eigenvalue weighted by molar-refractivity contribution is 5.98. The first kappa shape index (κ1) is 23.7. The lowest BCUT2D eigenvalue weighted by Crippen LogP contribution is -2.49. The molecule has 2 aromatic rings. The predicted molar refractivity (Wildman–Crippen MR) is 154 cm³/mol.